The molecule has 0 aliphatic heterocycles. The third-order valence-electron chi connectivity index (χ3n) is 5.55. The van der Waals surface area contributed by atoms with Gasteiger partial charge < -0.3 is 10.2 Å². The normalized spacial score (nSPS) is 12.0. The highest BCUT2D eigenvalue weighted by molar-refractivity contribution is 9.10. The van der Waals surface area contributed by atoms with E-state index in [1.807, 2.05) is 54.6 Å². The number of nitrogens with zero attached hydrogens (tertiary/aromatic N) is 2. The fraction of sp³-hybridized carbons (Fsp3) is 0.231. The van der Waals surface area contributed by atoms with Crippen LogP contribution in [0.1, 0.15) is 11.1 Å². The van der Waals surface area contributed by atoms with E-state index in [0.717, 1.165) is 30.6 Å². The predicted molar refractivity (Wildman–Crippen MR) is 149 cm³/mol. The first-order valence-electron chi connectivity index (χ1n) is 11.1. The van der Waals surface area contributed by atoms with E-state index < -0.39 is 28.5 Å². The zero-order valence-corrected chi connectivity index (χ0v) is 23.9. The largest absolute Gasteiger partial charge is 0.357 e. The summed E-state index contributed by atoms with van der Waals surface area (Å²) >= 11 is 6.80. The lowest BCUT2D eigenvalue weighted by molar-refractivity contribution is -0.139. The Bertz CT molecular complexity index is 1300. The van der Waals surface area contributed by atoms with E-state index in [4.69, 9.17) is 0 Å². The van der Waals surface area contributed by atoms with Gasteiger partial charge in [0.2, 0.25) is 21.8 Å². The maximum atomic E-state index is 13.8. The van der Waals surface area contributed by atoms with Gasteiger partial charge in [-0.05, 0) is 47.5 Å². The van der Waals surface area contributed by atoms with Crippen LogP contribution in [0.25, 0.3) is 0 Å². The first kappa shape index (κ1) is 27.9. The molecule has 0 spiro atoms. The molecule has 1 atom stereocenters. The minimum absolute atomic E-state index is 0.126. The summed E-state index contributed by atoms with van der Waals surface area (Å²) < 4.78 is 28.0. The molecule has 10 heteroatoms. The third-order valence-corrected chi connectivity index (χ3v) is 7.72. The van der Waals surface area contributed by atoms with E-state index in [1.54, 1.807) is 24.3 Å². The van der Waals surface area contributed by atoms with Crippen LogP contribution < -0.4 is 9.62 Å². The standard InChI is InChI=1S/C26H27Br2N3O4S/c1-29-26(33)24(16-19-7-4-3-5-8-19)30(17-20-9-6-10-22(28)15-20)25(32)18-31(36(2,34)35)23-13-11-21(27)12-14-23/h3-15,24H,16-18H2,1-2H3,(H,29,33). The number of rotatable bonds is 10. The van der Waals surface area contributed by atoms with Crippen LogP contribution in [0.15, 0.2) is 87.8 Å². The molecule has 0 saturated heterocycles. The summed E-state index contributed by atoms with van der Waals surface area (Å²) in [5, 5.41) is 2.66. The molecule has 1 N–H and O–H groups in total. The van der Waals surface area contributed by atoms with Crippen molar-refractivity contribution in [3.63, 3.8) is 0 Å². The molecule has 0 aromatic heterocycles. The topological polar surface area (TPSA) is 86.8 Å². The summed E-state index contributed by atoms with van der Waals surface area (Å²) in [6.07, 6.45) is 1.33. The van der Waals surface area contributed by atoms with Crippen molar-refractivity contribution >= 4 is 59.4 Å². The molecule has 0 aliphatic carbocycles. The monoisotopic (exact) mass is 635 g/mol. The third kappa shape index (κ3) is 7.65. The van der Waals surface area contributed by atoms with Crippen molar-refractivity contribution in [1.29, 1.82) is 0 Å². The quantitative estimate of drug-likeness (QED) is 0.358. The molecule has 3 aromatic carbocycles. The van der Waals surface area contributed by atoms with Crippen LogP contribution in [0.4, 0.5) is 5.69 Å². The van der Waals surface area contributed by atoms with Crippen molar-refractivity contribution in [3.05, 3.63) is 98.9 Å². The van der Waals surface area contributed by atoms with Crippen LogP contribution in [0.3, 0.4) is 0 Å². The average molecular weight is 637 g/mol. The molecule has 36 heavy (non-hydrogen) atoms. The molecule has 2 amide bonds. The number of sulfonamides is 1. The molecule has 0 saturated carbocycles. The van der Waals surface area contributed by atoms with Crippen LogP contribution in [-0.4, -0.2) is 51.0 Å². The number of carbonyl (C=O) groups excluding carboxylic acids is 2. The van der Waals surface area contributed by atoms with Gasteiger partial charge in [0.25, 0.3) is 0 Å². The fourth-order valence-corrected chi connectivity index (χ4v) is 5.33. The first-order chi connectivity index (χ1) is 17.1. The molecule has 1 unspecified atom stereocenters. The Balaban J connectivity index is 2.02. The minimum Gasteiger partial charge on any atom is -0.357 e. The number of carbonyl (C=O) groups is 2. The molecule has 0 heterocycles. The van der Waals surface area contributed by atoms with Gasteiger partial charge in [-0.2, -0.15) is 0 Å². The van der Waals surface area contributed by atoms with Gasteiger partial charge in [-0.1, -0.05) is 74.3 Å². The highest BCUT2D eigenvalue weighted by Crippen LogP contribution is 2.23. The lowest BCUT2D eigenvalue weighted by atomic mass is 10.0. The average Bonchev–Trinajstić information content (AvgIpc) is 2.84. The van der Waals surface area contributed by atoms with Gasteiger partial charge >= 0.3 is 0 Å². The summed E-state index contributed by atoms with van der Waals surface area (Å²) in [6, 6.07) is 22.7. The molecule has 7 nitrogen and oxygen atoms in total. The highest BCUT2D eigenvalue weighted by Gasteiger charge is 2.32. The summed E-state index contributed by atoms with van der Waals surface area (Å²) in [4.78, 5) is 28.3. The Morgan fingerprint density at radius 1 is 0.889 bits per heavy atom. The van der Waals surface area contributed by atoms with Crippen molar-refractivity contribution in [2.45, 2.75) is 19.0 Å². The van der Waals surface area contributed by atoms with Gasteiger partial charge in [-0.25, -0.2) is 8.42 Å². The molecular weight excluding hydrogens is 610 g/mol. The van der Waals surface area contributed by atoms with Crippen molar-refractivity contribution < 1.29 is 18.0 Å². The van der Waals surface area contributed by atoms with Crippen LogP contribution in [-0.2, 0) is 32.6 Å². The fourth-order valence-electron chi connectivity index (χ4n) is 3.77. The Morgan fingerprint density at radius 2 is 1.53 bits per heavy atom. The molecular formula is C26H27Br2N3O4S. The lowest BCUT2D eigenvalue weighted by Gasteiger charge is -2.33. The molecule has 3 rings (SSSR count). The number of amides is 2. The summed E-state index contributed by atoms with van der Waals surface area (Å²) in [5.41, 5.74) is 2.04. The van der Waals surface area contributed by atoms with E-state index >= 15 is 0 Å². The van der Waals surface area contributed by atoms with Gasteiger partial charge in [-0.15, -0.1) is 0 Å². The van der Waals surface area contributed by atoms with Gasteiger partial charge in [0.15, 0.2) is 0 Å². The SMILES string of the molecule is CNC(=O)C(Cc1ccccc1)N(Cc1cccc(Br)c1)C(=O)CN(c1ccc(Br)cc1)S(C)(=O)=O. The molecule has 0 aliphatic rings. The Hall–Kier alpha value is -2.69. The van der Waals surface area contributed by atoms with E-state index in [-0.39, 0.29) is 18.9 Å². The van der Waals surface area contributed by atoms with Crippen molar-refractivity contribution in [1.82, 2.24) is 10.2 Å². The van der Waals surface area contributed by atoms with E-state index in [2.05, 4.69) is 37.2 Å². The second kappa shape index (κ2) is 12.5. The maximum absolute atomic E-state index is 13.8. The number of nitrogens with one attached hydrogen (secondary N) is 1. The summed E-state index contributed by atoms with van der Waals surface area (Å²) in [5.74, 6) is -0.829. The van der Waals surface area contributed by atoms with E-state index in [1.165, 1.54) is 11.9 Å². The van der Waals surface area contributed by atoms with Crippen LogP contribution in [0.2, 0.25) is 0 Å². The number of halogens is 2. The number of anilines is 1. The lowest BCUT2D eigenvalue weighted by Crippen LogP contribution is -2.52. The van der Waals surface area contributed by atoms with Gasteiger partial charge in [0.1, 0.15) is 12.6 Å². The van der Waals surface area contributed by atoms with Crippen LogP contribution in [0.5, 0.6) is 0 Å². The van der Waals surface area contributed by atoms with E-state index in [9.17, 15) is 18.0 Å². The second-order valence-corrected chi connectivity index (χ2v) is 12.0. The number of hydrogen-bond donors (Lipinski definition) is 1. The zero-order valence-electron chi connectivity index (χ0n) is 19.9. The maximum Gasteiger partial charge on any atom is 0.244 e. The van der Waals surface area contributed by atoms with E-state index in [0.29, 0.717) is 5.69 Å². The minimum atomic E-state index is -3.79. The smallest absolute Gasteiger partial charge is 0.244 e. The number of benzene rings is 3. The number of hydrogen-bond acceptors (Lipinski definition) is 4. The van der Waals surface area contributed by atoms with Crippen LogP contribution >= 0.6 is 31.9 Å². The molecule has 0 bridgehead atoms. The predicted octanol–water partition coefficient (Wildman–Crippen LogP) is 4.36. The Labute approximate surface area is 228 Å². The zero-order chi connectivity index (χ0) is 26.3. The van der Waals surface area contributed by atoms with Crippen molar-refractivity contribution in [2.24, 2.45) is 0 Å². The Kier molecular flexibility index (Phi) is 9.69. The molecule has 3 aromatic rings. The number of likely N-dealkylation sites (N-methyl/N-ethyl adjacent to an activating group) is 1. The summed E-state index contributed by atoms with van der Waals surface area (Å²) in [6.45, 7) is -0.322. The first-order valence-corrected chi connectivity index (χ1v) is 14.5. The molecule has 0 radical (unpaired) electrons. The second-order valence-electron chi connectivity index (χ2n) is 8.22. The van der Waals surface area contributed by atoms with Gasteiger partial charge in [0.05, 0.1) is 11.9 Å². The van der Waals surface area contributed by atoms with Crippen molar-refractivity contribution in [2.75, 3.05) is 24.2 Å². The van der Waals surface area contributed by atoms with Gasteiger partial charge in [0, 0.05) is 29.0 Å². The summed E-state index contributed by atoms with van der Waals surface area (Å²) in [7, 11) is -2.27. The highest BCUT2D eigenvalue weighted by atomic mass is 79.9. The molecule has 0 fully saturated rings. The Morgan fingerprint density at radius 3 is 2.11 bits per heavy atom. The van der Waals surface area contributed by atoms with Crippen LogP contribution in [0, 0.1) is 0 Å². The molecule has 190 valence electrons. The van der Waals surface area contributed by atoms with Gasteiger partial charge in [-0.3, -0.25) is 13.9 Å². The van der Waals surface area contributed by atoms with Crippen molar-refractivity contribution in [3.8, 4) is 0 Å².